The lowest BCUT2D eigenvalue weighted by atomic mass is 9.93. The Hall–Kier alpha value is -4.21. The third kappa shape index (κ3) is 3.98. The summed E-state index contributed by atoms with van der Waals surface area (Å²) in [6.07, 6.45) is 1.34. The Kier molecular flexibility index (Phi) is 6.06. The van der Waals surface area contributed by atoms with Crippen LogP contribution in [0, 0.1) is 5.82 Å². The zero-order valence-corrected chi connectivity index (χ0v) is 18.9. The fourth-order valence-electron chi connectivity index (χ4n) is 3.99. The van der Waals surface area contributed by atoms with Crippen molar-refractivity contribution in [3.8, 4) is 5.75 Å². The summed E-state index contributed by atoms with van der Waals surface area (Å²) in [4.78, 5) is 44.8. The molecular weight excluding hydrogens is 443 g/mol. The number of carbonyl (C=O) groups is 3. The SMILES string of the molecule is COC(=O)c1ncn2c1C(=O)N(c1ccc(OC)cc1)C(C)(C(=O)NCc1ccc(F)cc1)C2. The van der Waals surface area contributed by atoms with Crippen molar-refractivity contribution in [2.75, 3.05) is 19.1 Å². The summed E-state index contributed by atoms with van der Waals surface area (Å²) in [7, 11) is 2.73. The Bertz CT molecular complexity index is 1240. The number of amides is 2. The van der Waals surface area contributed by atoms with E-state index in [9.17, 15) is 18.8 Å². The number of rotatable bonds is 6. The van der Waals surface area contributed by atoms with E-state index in [1.807, 2.05) is 0 Å². The number of nitrogens with one attached hydrogen (secondary N) is 1. The lowest BCUT2D eigenvalue weighted by molar-refractivity contribution is -0.126. The van der Waals surface area contributed by atoms with Crippen molar-refractivity contribution in [3.63, 3.8) is 0 Å². The van der Waals surface area contributed by atoms with Crippen LogP contribution in [0.1, 0.15) is 33.5 Å². The summed E-state index contributed by atoms with van der Waals surface area (Å²) in [5.41, 5.74) is -0.320. The molecule has 0 saturated carbocycles. The molecule has 1 aliphatic heterocycles. The number of hydrogen-bond acceptors (Lipinski definition) is 6. The molecule has 0 fully saturated rings. The molecule has 2 amide bonds. The van der Waals surface area contributed by atoms with Gasteiger partial charge in [-0.25, -0.2) is 14.2 Å². The molecule has 0 saturated heterocycles. The molecule has 1 unspecified atom stereocenters. The normalized spacial score (nSPS) is 17.2. The van der Waals surface area contributed by atoms with Crippen LogP contribution >= 0.6 is 0 Å². The molecule has 10 heteroatoms. The minimum absolute atomic E-state index is 0.0338. The van der Waals surface area contributed by atoms with Gasteiger partial charge in [0.15, 0.2) is 5.69 Å². The Morgan fingerprint density at radius 1 is 1.12 bits per heavy atom. The van der Waals surface area contributed by atoms with Crippen LogP contribution in [0.15, 0.2) is 54.9 Å². The van der Waals surface area contributed by atoms with Gasteiger partial charge >= 0.3 is 5.97 Å². The van der Waals surface area contributed by atoms with E-state index in [1.165, 1.54) is 42.1 Å². The van der Waals surface area contributed by atoms with Gasteiger partial charge in [0.25, 0.3) is 5.91 Å². The number of aromatic nitrogens is 2. The van der Waals surface area contributed by atoms with E-state index >= 15 is 0 Å². The van der Waals surface area contributed by atoms with E-state index in [4.69, 9.17) is 9.47 Å². The number of hydrogen-bond donors (Lipinski definition) is 1. The minimum atomic E-state index is -1.37. The molecule has 1 atom stereocenters. The van der Waals surface area contributed by atoms with Gasteiger partial charge < -0.3 is 19.4 Å². The van der Waals surface area contributed by atoms with E-state index in [0.29, 0.717) is 17.0 Å². The van der Waals surface area contributed by atoms with Crippen molar-refractivity contribution < 1.29 is 28.2 Å². The van der Waals surface area contributed by atoms with Gasteiger partial charge in [-0.15, -0.1) is 0 Å². The Labute approximate surface area is 195 Å². The number of halogens is 1. The van der Waals surface area contributed by atoms with Crippen LogP contribution in [0.3, 0.4) is 0 Å². The highest BCUT2D eigenvalue weighted by molar-refractivity contribution is 6.15. The molecule has 2 aromatic carbocycles. The summed E-state index contributed by atoms with van der Waals surface area (Å²) in [5, 5.41) is 2.84. The number of fused-ring (bicyclic) bond motifs is 1. The van der Waals surface area contributed by atoms with Crippen LogP contribution < -0.4 is 15.0 Å². The highest BCUT2D eigenvalue weighted by Gasteiger charge is 2.49. The van der Waals surface area contributed by atoms with Crippen molar-refractivity contribution in [3.05, 3.63) is 77.6 Å². The van der Waals surface area contributed by atoms with Crippen LogP contribution in [0.25, 0.3) is 0 Å². The Morgan fingerprint density at radius 2 is 1.79 bits per heavy atom. The van der Waals surface area contributed by atoms with Gasteiger partial charge in [-0.05, 0) is 48.9 Å². The largest absolute Gasteiger partial charge is 0.497 e. The molecule has 34 heavy (non-hydrogen) atoms. The van der Waals surface area contributed by atoms with E-state index in [1.54, 1.807) is 43.3 Å². The minimum Gasteiger partial charge on any atom is -0.497 e. The second-order valence-corrected chi connectivity index (χ2v) is 7.98. The van der Waals surface area contributed by atoms with Gasteiger partial charge in [-0.1, -0.05) is 12.1 Å². The van der Waals surface area contributed by atoms with Crippen LogP contribution in [0.2, 0.25) is 0 Å². The number of anilines is 1. The van der Waals surface area contributed by atoms with Gasteiger partial charge in [-0.3, -0.25) is 14.5 Å². The van der Waals surface area contributed by atoms with Crippen molar-refractivity contribution in [2.24, 2.45) is 0 Å². The number of ether oxygens (including phenoxy) is 2. The van der Waals surface area contributed by atoms with E-state index in [2.05, 4.69) is 10.3 Å². The summed E-state index contributed by atoms with van der Waals surface area (Å²) in [5.74, 6) is -1.55. The summed E-state index contributed by atoms with van der Waals surface area (Å²) >= 11 is 0. The molecule has 0 aliphatic carbocycles. The average Bonchev–Trinajstić information content (AvgIpc) is 3.27. The number of nitrogens with zero attached hydrogens (tertiary/aromatic N) is 3. The summed E-state index contributed by atoms with van der Waals surface area (Å²) in [6, 6.07) is 12.4. The van der Waals surface area contributed by atoms with Crippen LogP contribution in [0.5, 0.6) is 5.75 Å². The van der Waals surface area contributed by atoms with Gasteiger partial charge in [0, 0.05) is 12.2 Å². The van der Waals surface area contributed by atoms with E-state index in [-0.39, 0.29) is 30.3 Å². The summed E-state index contributed by atoms with van der Waals surface area (Å²) < 4.78 is 24.7. The number of carbonyl (C=O) groups excluding carboxylic acids is 3. The highest BCUT2D eigenvalue weighted by atomic mass is 19.1. The molecule has 9 nitrogen and oxygen atoms in total. The van der Waals surface area contributed by atoms with E-state index < -0.39 is 23.3 Å². The van der Waals surface area contributed by atoms with Gasteiger partial charge in [-0.2, -0.15) is 0 Å². The molecule has 1 aromatic heterocycles. The van der Waals surface area contributed by atoms with Gasteiger partial charge in [0.05, 0.1) is 27.1 Å². The molecule has 176 valence electrons. The van der Waals surface area contributed by atoms with Crippen molar-refractivity contribution >= 4 is 23.5 Å². The third-order valence-electron chi connectivity index (χ3n) is 5.78. The fourth-order valence-corrected chi connectivity index (χ4v) is 3.99. The molecule has 2 heterocycles. The van der Waals surface area contributed by atoms with Gasteiger partial charge in [0.1, 0.15) is 22.8 Å². The van der Waals surface area contributed by atoms with Crippen LogP contribution in [0.4, 0.5) is 10.1 Å². The third-order valence-corrected chi connectivity index (χ3v) is 5.78. The van der Waals surface area contributed by atoms with Crippen LogP contribution in [-0.4, -0.2) is 47.1 Å². The first kappa shape index (κ1) is 23.0. The molecule has 1 aliphatic rings. The predicted molar refractivity (Wildman–Crippen MR) is 120 cm³/mol. The first-order chi connectivity index (χ1) is 16.3. The van der Waals surface area contributed by atoms with E-state index in [0.717, 1.165) is 0 Å². The monoisotopic (exact) mass is 466 g/mol. The molecule has 0 radical (unpaired) electrons. The second-order valence-electron chi connectivity index (χ2n) is 7.98. The fraction of sp³-hybridized carbons (Fsp3) is 0.250. The average molecular weight is 466 g/mol. The molecule has 1 N–H and O–H groups in total. The maximum atomic E-state index is 13.7. The maximum Gasteiger partial charge on any atom is 0.359 e. The molecule has 4 rings (SSSR count). The molecule has 0 spiro atoms. The Morgan fingerprint density at radius 3 is 2.41 bits per heavy atom. The molecule has 3 aromatic rings. The molecule has 0 bridgehead atoms. The van der Waals surface area contributed by atoms with Gasteiger partial charge in [0.2, 0.25) is 5.91 Å². The highest BCUT2D eigenvalue weighted by Crippen LogP contribution is 2.34. The van der Waals surface area contributed by atoms with Crippen molar-refractivity contribution in [1.82, 2.24) is 14.9 Å². The smallest absolute Gasteiger partial charge is 0.359 e. The predicted octanol–water partition coefficient (Wildman–Crippen LogP) is 2.55. The zero-order chi connectivity index (χ0) is 24.5. The van der Waals surface area contributed by atoms with Crippen molar-refractivity contribution in [2.45, 2.75) is 25.6 Å². The number of esters is 1. The number of methoxy groups -OCH3 is 2. The lowest BCUT2D eigenvalue weighted by Crippen LogP contribution is -2.64. The summed E-state index contributed by atoms with van der Waals surface area (Å²) in [6.45, 7) is 1.82. The first-order valence-corrected chi connectivity index (χ1v) is 10.4. The molecular formula is C24H23FN4O5. The second kappa shape index (κ2) is 8.97. The number of benzene rings is 2. The maximum absolute atomic E-state index is 13.7. The van der Waals surface area contributed by atoms with Crippen molar-refractivity contribution in [1.29, 1.82) is 0 Å². The first-order valence-electron chi connectivity index (χ1n) is 10.4. The Balaban J connectivity index is 1.73. The quantitative estimate of drug-likeness (QED) is 0.560. The topological polar surface area (TPSA) is 103 Å². The lowest BCUT2D eigenvalue weighted by Gasteiger charge is -2.43. The van der Waals surface area contributed by atoms with Crippen LogP contribution in [-0.2, 0) is 22.6 Å². The number of imidazole rings is 1. The standard InChI is InChI=1S/C24H23FN4O5/c1-24(23(32)26-12-15-4-6-16(25)7-5-15)13-28-14-27-19(22(31)34-3)20(28)21(30)29(24)17-8-10-18(33-2)11-9-17/h4-11,14H,12-13H2,1-3H3,(H,26,32). The zero-order valence-electron chi connectivity index (χ0n) is 18.9.